The van der Waals surface area contributed by atoms with Crippen LogP contribution in [0.4, 0.5) is 5.69 Å². The third-order valence-electron chi connectivity index (χ3n) is 3.03. The highest BCUT2D eigenvalue weighted by Crippen LogP contribution is 2.19. The fraction of sp³-hybridized carbons (Fsp3) is 0.118. The molecule has 1 amide bonds. The van der Waals surface area contributed by atoms with Crippen molar-refractivity contribution < 1.29 is 19.4 Å². The first kappa shape index (κ1) is 16.0. The van der Waals surface area contributed by atoms with Crippen molar-refractivity contribution in [2.45, 2.75) is 6.92 Å². The van der Waals surface area contributed by atoms with Gasteiger partial charge in [-0.05, 0) is 36.8 Å². The summed E-state index contributed by atoms with van der Waals surface area (Å²) in [5, 5.41) is 21.1. The number of carbonyl (C=O) groups excluding carboxylic acids is 2. The molecule has 0 bridgehead atoms. The number of aryl methyl sites for hydroxylation is 1. The number of nitrogens with one attached hydrogen (secondary N) is 1. The Bertz CT molecular complexity index is 793. The number of benzene rings is 2. The molecule has 0 aromatic heterocycles. The minimum atomic E-state index is -0.800. The summed E-state index contributed by atoms with van der Waals surface area (Å²) < 4.78 is 4.86. The summed E-state index contributed by atoms with van der Waals surface area (Å²) in [6.45, 7) is 1.25. The molecule has 0 unspecified atom stereocenters. The van der Waals surface area contributed by atoms with Crippen LogP contribution in [0.1, 0.15) is 21.5 Å². The Morgan fingerprint density at radius 1 is 1.26 bits per heavy atom. The largest absolute Gasteiger partial charge is 0.507 e. The Balaban J connectivity index is 1.96. The van der Waals surface area contributed by atoms with Crippen molar-refractivity contribution >= 4 is 17.6 Å². The summed E-state index contributed by atoms with van der Waals surface area (Å²) in [5.74, 6) is -1.58. The van der Waals surface area contributed by atoms with Gasteiger partial charge >= 0.3 is 5.97 Å². The van der Waals surface area contributed by atoms with E-state index in [1.807, 2.05) is 6.07 Å². The molecule has 23 heavy (non-hydrogen) atoms. The SMILES string of the molecule is Cc1ccc(C(=O)OCC(=O)Nc2ccccc2C#N)c(O)c1. The van der Waals surface area contributed by atoms with Crippen molar-refractivity contribution in [2.75, 3.05) is 11.9 Å². The lowest BCUT2D eigenvalue weighted by atomic mass is 10.1. The van der Waals surface area contributed by atoms with Crippen LogP contribution in [0.2, 0.25) is 0 Å². The van der Waals surface area contributed by atoms with Crippen LogP contribution in [0.15, 0.2) is 42.5 Å². The average Bonchev–Trinajstić information content (AvgIpc) is 2.53. The highest BCUT2D eigenvalue weighted by Gasteiger charge is 2.15. The van der Waals surface area contributed by atoms with Crippen molar-refractivity contribution in [3.63, 3.8) is 0 Å². The van der Waals surface area contributed by atoms with E-state index in [-0.39, 0.29) is 11.3 Å². The summed E-state index contributed by atoms with van der Waals surface area (Å²) in [4.78, 5) is 23.6. The van der Waals surface area contributed by atoms with Crippen molar-refractivity contribution in [1.29, 1.82) is 5.26 Å². The average molecular weight is 310 g/mol. The molecule has 0 heterocycles. The molecule has 6 nitrogen and oxygen atoms in total. The first-order valence-corrected chi connectivity index (χ1v) is 6.77. The van der Waals surface area contributed by atoms with E-state index in [4.69, 9.17) is 10.00 Å². The molecular formula is C17H14N2O4. The second-order valence-electron chi connectivity index (χ2n) is 4.80. The first-order chi connectivity index (χ1) is 11.0. The molecule has 0 atom stereocenters. The number of aromatic hydroxyl groups is 1. The number of phenolic OH excluding ortho intramolecular Hbond substituents is 1. The molecule has 0 aliphatic carbocycles. The number of rotatable bonds is 4. The first-order valence-electron chi connectivity index (χ1n) is 6.77. The van der Waals surface area contributed by atoms with Crippen LogP contribution in [-0.4, -0.2) is 23.6 Å². The minimum Gasteiger partial charge on any atom is -0.507 e. The molecule has 0 aliphatic heterocycles. The molecule has 6 heteroatoms. The lowest BCUT2D eigenvalue weighted by Crippen LogP contribution is -2.21. The van der Waals surface area contributed by atoms with Crippen LogP contribution < -0.4 is 5.32 Å². The maximum absolute atomic E-state index is 11.8. The molecule has 2 aromatic rings. The molecule has 0 saturated heterocycles. The van der Waals surface area contributed by atoms with E-state index in [1.54, 1.807) is 37.3 Å². The Labute approximate surface area is 132 Å². The third kappa shape index (κ3) is 4.08. The molecule has 0 spiro atoms. The molecule has 2 N–H and O–H groups in total. The number of hydrogen-bond donors (Lipinski definition) is 2. The summed E-state index contributed by atoms with van der Waals surface area (Å²) in [7, 11) is 0. The number of phenols is 1. The zero-order chi connectivity index (χ0) is 16.8. The fourth-order valence-corrected chi connectivity index (χ4v) is 1.90. The van der Waals surface area contributed by atoms with E-state index >= 15 is 0 Å². The molecule has 116 valence electrons. The van der Waals surface area contributed by atoms with Crippen molar-refractivity contribution in [3.05, 3.63) is 59.2 Å². The molecular weight excluding hydrogens is 296 g/mol. The number of nitrogens with zero attached hydrogens (tertiary/aromatic N) is 1. The van der Waals surface area contributed by atoms with Gasteiger partial charge in [0.1, 0.15) is 17.4 Å². The number of hydrogen-bond acceptors (Lipinski definition) is 5. The number of anilines is 1. The van der Waals surface area contributed by atoms with Gasteiger partial charge in [0.2, 0.25) is 0 Å². The number of ether oxygens (including phenoxy) is 1. The quantitative estimate of drug-likeness (QED) is 0.845. The fourth-order valence-electron chi connectivity index (χ4n) is 1.90. The van der Waals surface area contributed by atoms with Crippen LogP contribution in [0.3, 0.4) is 0 Å². The van der Waals surface area contributed by atoms with E-state index < -0.39 is 18.5 Å². The van der Waals surface area contributed by atoms with Crippen LogP contribution >= 0.6 is 0 Å². The second kappa shape index (κ2) is 7.09. The normalized spacial score (nSPS) is 9.74. The topological polar surface area (TPSA) is 99.4 Å². The number of amides is 1. The van der Waals surface area contributed by atoms with Gasteiger partial charge in [-0.2, -0.15) is 5.26 Å². The molecule has 2 aromatic carbocycles. The van der Waals surface area contributed by atoms with Crippen LogP contribution in [0, 0.1) is 18.3 Å². The van der Waals surface area contributed by atoms with Crippen molar-refractivity contribution in [2.24, 2.45) is 0 Å². The Morgan fingerprint density at radius 3 is 2.70 bits per heavy atom. The maximum atomic E-state index is 11.8. The lowest BCUT2D eigenvalue weighted by Gasteiger charge is -2.08. The molecule has 2 rings (SSSR count). The van der Waals surface area contributed by atoms with E-state index in [0.29, 0.717) is 11.3 Å². The van der Waals surface area contributed by atoms with E-state index in [9.17, 15) is 14.7 Å². The highest BCUT2D eigenvalue weighted by atomic mass is 16.5. The van der Waals surface area contributed by atoms with E-state index in [2.05, 4.69) is 5.32 Å². The minimum absolute atomic E-state index is 0.0131. The number of nitriles is 1. The summed E-state index contributed by atoms with van der Waals surface area (Å²) in [6.07, 6.45) is 0. The van der Waals surface area contributed by atoms with Gasteiger partial charge in [0.25, 0.3) is 5.91 Å². The van der Waals surface area contributed by atoms with Gasteiger partial charge in [0.15, 0.2) is 6.61 Å². The Hall–Kier alpha value is -3.33. The zero-order valence-corrected chi connectivity index (χ0v) is 12.4. The van der Waals surface area contributed by atoms with Gasteiger partial charge < -0.3 is 15.2 Å². The standard InChI is InChI=1S/C17H14N2O4/c1-11-6-7-13(15(20)8-11)17(22)23-10-16(21)19-14-5-3-2-4-12(14)9-18/h2-8,20H,10H2,1H3,(H,19,21). The number of carbonyl (C=O) groups is 2. The monoisotopic (exact) mass is 310 g/mol. The predicted molar refractivity (Wildman–Crippen MR) is 82.9 cm³/mol. The molecule has 0 aliphatic rings. The molecule has 0 fully saturated rings. The Morgan fingerprint density at radius 2 is 2.00 bits per heavy atom. The van der Waals surface area contributed by atoms with Crippen LogP contribution in [0.25, 0.3) is 0 Å². The van der Waals surface area contributed by atoms with Crippen LogP contribution in [-0.2, 0) is 9.53 Å². The Kier molecular flexibility index (Phi) is 4.95. The lowest BCUT2D eigenvalue weighted by molar-refractivity contribution is -0.119. The summed E-state index contributed by atoms with van der Waals surface area (Å²) in [5.41, 5.74) is 1.43. The van der Waals surface area contributed by atoms with Gasteiger partial charge in [-0.3, -0.25) is 4.79 Å². The summed E-state index contributed by atoms with van der Waals surface area (Å²) in [6, 6.07) is 12.9. The maximum Gasteiger partial charge on any atom is 0.342 e. The van der Waals surface area contributed by atoms with Gasteiger partial charge in [-0.15, -0.1) is 0 Å². The van der Waals surface area contributed by atoms with Gasteiger partial charge in [-0.1, -0.05) is 18.2 Å². The molecule has 0 saturated carbocycles. The second-order valence-corrected chi connectivity index (χ2v) is 4.80. The van der Waals surface area contributed by atoms with Crippen molar-refractivity contribution in [1.82, 2.24) is 0 Å². The summed E-state index contributed by atoms with van der Waals surface area (Å²) >= 11 is 0. The number of esters is 1. The number of para-hydroxylation sites is 1. The van der Waals surface area contributed by atoms with E-state index in [0.717, 1.165) is 5.56 Å². The zero-order valence-electron chi connectivity index (χ0n) is 12.4. The van der Waals surface area contributed by atoms with Crippen LogP contribution in [0.5, 0.6) is 5.75 Å². The van der Waals surface area contributed by atoms with Gasteiger partial charge in [0, 0.05) is 0 Å². The predicted octanol–water partition coefficient (Wildman–Crippen LogP) is 2.37. The van der Waals surface area contributed by atoms with Crippen molar-refractivity contribution in [3.8, 4) is 11.8 Å². The molecule has 0 radical (unpaired) electrons. The highest BCUT2D eigenvalue weighted by molar-refractivity contribution is 5.97. The smallest absolute Gasteiger partial charge is 0.342 e. The van der Waals surface area contributed by atoms with Gasteiger partial charge in [-0.25, -0.2) is 4.79 Å². The van der Waals surface area contributed by atoms with Gasteiger partial charge in [0.05, 0.1) is 11.3 Å². The van der Waals surface area contributed by atoms with E-state index in [1.165, 1.54) is 12.1 Å². The third-order valence-corrected chi connectivity index (χ3v) is 3.03.